The number of carbonyl (C=O) groups excluding carboxylic acids is 1. The van der Waals surface area contributed by atoms with Crippen LogP contribution in [0.25, 0.3) is 0 Å². The molecule has 0 fully saturated rings. The highest BCUT2D eigenvalue weighted by Gasteiger charge is 2.14. The Morgan fingerprint density at radius 1 is 1.31 bits per heavy atom. The Hall–Kier alpha value is -4.41. The number of amides is 2. The molecule has 14 heteroatoms. The van der Waals surface area contributed by atoms with E-state index in [0.717, 1.165) is 4.68 Å². The zero-order chi connectivity index (χ0) is 19.3. The highest BCUT2D eigenvalue weighted by Crippen LogP contribution is 2.29. The fraction of sp³-hybridized carbons (Fsp3) is 0.0833. The van der Waals surface area contributed by atoms with E-state index in [1.165, 1.54) is 13.2 Å². The van der Waals surface area contributed by atoms with E-state index in [1.54, 1.807) is 0 Å². The molecule has 0 spiro atoms. The molecule has 132 valence electrons. The van der Waals surface area contributed by atoms with Crippen LogP contribution >= 0.6 is 0 Å². The van der Waals surface area contributed by atoms with Crippen molar-refractivity contribution in [1.82, 2.24) is 25.1 Å². The first-order valence-electron chi connectivity index (χ1n) is 6.77. The van der Waals surface area contributed by atoms with Crippen LogP contribution in [0.3, 0.4) is 0 Å². The van der Waals surface area contributed by atoms with E-state index in [2.05, 4.69) is 47.3 Å². The van der Waals surface area contributed by atoms with Crippen LogP contribution in [0.1, 0.15) is 5.56 Å². The molecule has 0 aliphatic rings. The second kappa shape index (κ2) is 7.44. The molecule has 7 N–H and O–H groups in total. The third-order valence-electron chi connectivity index (χ3n) is 2.78. The molecule has 2 amide bonds. The van der Waals surface area contributed by atoms with Gasteiger partial charge < -0.3 is 22.5 Å². The lowest BCUT2D eigenvalue weighted by Gasteiger charge is -2.02. The number of nitrogens with zero attached hydrogens (tertiary/aromatic N) is 9. The number of aromatic nitrogens is 4. The molecule has 2 aromatic rings. The molecule has 2 rings (SSSR count). The van der Waals surface area contributed by atoms with E-state index in [9.17, 15) is 10.1 Å². The van der Waals surface area contributed by atoms with Gasteiger partial charge in [0.1, 0.15) is 11.6 Å². The Morgan fingerprint density at radius 3 is 2.50 bits per heavy atom. The van der Waals surface area contributed by atoms with Gasteiger partial charge in [0.25, 0.3) is 5.96 Å². The summed E-state index contributed by atoms with van der Waals surface area (Å²) in [5.74, 6) is -0.570. The van der Waals surface area contributed by atoms with Crippen molar-refractivity contribution in [2.45, 2.75) is 0 Å². The zero-order valence-electron chi connectivity index (χ0n) is 13.4. The summed E-state index contributed by atoms with van der Waals surface area (Å²) in [6, 6.07) is 1.19. The molecule has 14 nitrogen and oxygen atoms in total. The Kier molecular flexibility index (Phi) is 5.13. The quantitative estimate of drug-likeness (QED) is 0.323. The van der Waals surface area contributed by atoms with Crippen molar-refractivity contribution in [3.63, 3.8) is 0 Å². The van der Waals surface area contributed by atoms with Crippen molar-refractivity contribution in [1.29, 1.82) is 5.26 Å². The maximum absolute atomic E-state index is 11.3. The Morgan fingerprint density at radius 2 is 1.96 bits per heavy atom. The van der Waals surface area contributed by atoms with Crippen molar-refractivity contribution < 1.29 is 4.79 Å². The molecule has 0 aliphatic heterocycles. The van der Waals surface area contributed by atoms with Gasteiger partial charge in [0.15, 0.2) is 17.3 Å². The van der Waals surface area contributed by atoms with Crippen LogP contribution < -0.4 is 22.5 Å². The summed E-state index contributed by atoms with van der Waals surface area (Å²) >= 11 is 0. The summed E-state index contributed by atoms with van der Waals surface area (Å²) in [6.07, 6.45) is 1.25. The van der Waals surface area contributed by atoms with Crippen molar-refractivity contribution in [2.24, 2.45) is 20.2 Å². The predicted octanol–water partition coefficient (Wildman–Crippen LogP) is -0.0491. The first kappa shape index (κ1) is 17.9. The van der Waals surface area contributed by atoms with Gasteiger partial charge in [-0.3, -0.25) is 0 Å². The molecule has 0 unspecified atom stereocenters. The fourth-order valence-corrected chi connectivity index (χ4v) is 1.63. The number of urea groups is 1. The van der Waals surface area contributed by atoms with E-state index >= 15 is 0 Å². The van der Waals surface area contributed by atoms with Gasteiger partial charge in [0, 0.05) is 7.05 Å². The molecular formula is C12H13N13O. The van der Waals surface area contributed by atoms with E-state index in [4.69, 9.17) is 17.2 Å². The number of nitrogens with two attached hydrogens (primary N) is 3. The van der Waals surface area contributed by atoms with Gasteiger partial charge in [-0.25, -0.2) is 14.5 Å². The molecule has 2 aromatic heterocycles. The van der Waals surface area contributed by atoms with Gasteiger partial charge in [-0.2, -0.15) is 20.2 Å². The smallest absolute Gasteiger partial charge is 0.344 e. The Balaban J connectivity index is 2.44. The summed E-state index contributed by atoms with van der Waals surface area (Å²) in [5, 5.41) is 23.1. The standard InChI is InChI=1S/C12H13N13O/c1-17-11(21-12(26)18-2)25-4-5(3-13)9(24-25)23-22-6-7(14)19-10(16)20-8(6)15/h4H,1H2,2H3,(H,18,26)(H6,14,15,16,19,20)/b21-11+,23-22+. The number of aliphatic imine (C=N–C) groups is 2. The van der Waals surface area contributed by atoms with Crippen molar-refractivity contribution >= 4 is 47.8 Å². The van der Waals surface area contributed by atoms with Gasteiger partial charge in [-0.1, -0.05) is 0 Å². The summed E-state index contributed by atoms with van der Waals surface area (Å²) in [7, 11) is 1.39. The van der Waals surface area contributed by atoms with E-state index in [-0.39, 0.29) is 40.6 Å². The van der Waals surface area contributed by atoms with Crippen molar-refractivity contribution in [3.05, 3.63) is 11.8 Å². The van der Waals surface area contributed by atoms with Crippen LogP contribution in [0.4, 0.5) is 33.9 Å². The minimum atomic E-state index is -0.677. The molecule has 2 heterocycles. The summed E-state index contributed by atoms with van der Waals surface area (Å²) in [6.45, 7) is 3.29. The molecule has 0 bridgehead atoms. The maximum Gasteiger partial charge on any atom is 0.344 e. The lowest BCUT2D eigenvalue weighted by Crippen LogP contribution is -2.18. The number of anilines is 3. The largest absolute Gasteiger partial charge is 0.382 e. The summed E-state index contributed by atoms with van der Waals surface area (Å²) in [5.41, 5.74) is 16.7. The number of hydrogen-bond acceptors (Lipinski definition) is 10. The SMILES string of the molecule is C=N/C(=N\C(=O)NC)n1cc(C#N)c(/N=N/c2c(N)nc(N)nc2N)n1. The van der Waals surface area contributed by atoms with Gasteiger partial charge >= 0.3 is 6.03 Å². The molecule has 26 heavy (non-hydrogen) atoms. The third kappa shape index (κ3) is 3.73. The fourth-order valence-electron chi connectivity index (χ4n) is 1.63. The number of nitrogens with one attached hydrogen (secondary N) is 1. The number of azo groups is 1. The third-order valence-corrected chi connectivity index (χ3v) is 2.78. The van der Waals surface area contributed by atoms with Gasteiger partial charge in [0.2, 0.25) is 11.8 Å². The second-order valence-corrected chi connectivity index (χ2v) is 4.45. The Bertz CT molecular complexity index is 941. The average Bonchev–Trinajstić information content (AvgIpc) is 3.01. The molecule has 0 atom stereocenters. The molecule has 0 radical (unpaired) electrons. The highest BCUT2D eigenvalue weighted by atomic mass is 16.2. The van der Waals surface area contributed by atoms with E-state index in [1.807, 2.05) is 6.07 Å². The monoisotopic (exact) mass is 355 g/mol. The topological polar surface area (TPSA) is 224 Å². The normalized spacial score (nSPS) is 11.3. The number of nitrogen functional groups attached to an aromatic ring is 3. The van der Waals surface area contributed by atoms with E-state index < -0.39 is 6.03 Å². The lowest BCUT2D eigenvalue weighted by atomic mass is 10.4. The van der Waals surface area contributed by atoms with Crippen molar-refractivity contribution in [2.75, 3.05) is 24.2 Å². The van der Waals surface area contributed by atoms with E-state index in [0.29, 0.717) is 0 Å². The van der Waals surface area contributed by atoms with Gasteiger partial charge in [-0.15, -0.1) is 15.3 Å². The number of hydrogen-bond donors (Lipinski definition) is 4. The second-order valence-electron chi connectivity index (χ2n) is 4.45. The van der Waals surface area contributed by atoms with Crippen LogP contribution in [0.5, 0.6) is 0 Å². The zero-order valence-corrected chi connectivity index (χ0v) is 13.4. The average molecular weight is 355 g/mol. The van der Waals surface area contributed by atoms with Crippen molar-refractivity contribution in [3.8, 4) is 6.07 Å². The lowest BCUT2D eigenvalue weighted by molar-refractivity contribution is 0.251. The van der Waals surface area contributed by atoms with Gasteiger partial charge in [-0.05, 0) is 6.72 Å². The minimum absolute atomic E-state index is 0.0236. The summed E-state index contributed by atoms with van der Waals surface area (Å²) < 4.78 is 1.04. The molecule has 0 saturated carbocycles. The highest BCUT2D eigenvalue weighted by molar-refractivity contribution is 5.95. The van der Waals surface area contributed by atoms with Gasteiger partial charge in [0.05, 0.1) is 6.20 Å². The maximum atomic E-state index is 11.3. The summed E-state index contributed by atoms with van der Waals surface area (Å²) in [4.78, 5) is 26.0. The Labute approximate surface area is 146 Å². The van der Waals surface area contributed by atoms with Crippen LogP contribution in [0.2, 0.25) is 0 Å². The number of carbonyl (C=O) groups is 1. The first-order chi connectivity index (χ1) is 12.4. The molecular weight excluding hydrogens is 342 g/mol. The first-order valence-corrected chi connectivity index (χ1v) is 6.77. The number of rotatable bonds is 2. The van der Waals surface area contributed by atoms with Crippen LogP contribution in [0, 0.1) is 11.3 Å². The van der Waals surface area contributed by atoms with Crippen LogP contribution in [-0.2, 0) is 0 Å². The molecule has 0 saturated heterocycles. The van der Waals surface area contributed by atoms with Crippen LogP contribution in [0.15, 0.2) is 26.4 Å². The predicted molar refractivity (Wildman–Crippen MR) is 93.2 cm³/mol. The number of nitriles is 1. The van der Waals surface area contributed by atoms with Crippen LogP contribution in [-0.4, -0.2) is 45.5 Å². The minimum Gasteiger partial charge on any atom is -0.382 e. The molecule has 0 aromatic carbocycles. The molecule has 0 aliphatic carbocycles.